The Morgan fingerprint density at radius 3 is 2.74 bits per heavy atom. The third-order valence-electron chi connectivity index (χ3n) is 2.35. The van der Waals surface area contributed by atoms with E-state index in [-0.39, 0.29) is 11.7 Å². The van der Waals surface area contributed by atoms with E-state index in [0.717, 1.165) is 22.4 Å². The molecule has 0 aliphatic rings. The Morgan fingerprint density at radius 1 is 1.37 bits per heavy atom. The Hall–Kier alpha value is -1.48. The Balaban J connectivity index is 1.88. The van der Waals surface area contributed by atoms with E-state index in [1.54, 1.807) is 0 Å². The van der Waals surface area contributed by atoms with Gasteiger partial charge in [0.15, 0.2) is 5.16 Å². The van der Waals surface area contributed by atoms with Crippen molar-refractivity contribution in [3.05, 3.63) is 10.8 Å². The van der Waals surface area contributed by atoms with Crippen molar-refractivity contribution in [3.8, 4) is 0 Å². The second-order valence-electron chi connectivity index (χ2n) is 3.77. The molecule has 0 aromatic carbocycles. The van der Waals surface area contributed by atoms with Crippen molar-refractivity contribution in [2.24, 2.45) is 7.05 Å². The smallest absolute Gasteiger partial charge is 0.236 e. The van der Waals surface area contributed by atoms with Gasteiger partial charge in [0.2, 0.25) is 11.0 Å². The number of thioether (sulfide) groups is 1. The first kappa shape index (κ1) is 13.9. The zero-order valence-corrected chi connectivity index (χ0v) is 12.5. The summed E-state index contributed by atoms with van der Waals surface area (Å²) in [6.45, 7) is 3.86. The van der Waals surface area contributed by atoms with Gasteiger partial charge in [0, 0.05) is 13.5 Å². The highest BCUT2D eigenvalue weighted by atomic mass is 32.2. The quantitative estimate of drug-likeness (QED) is 0.837. The molecular weight excluding hydrogens is 284 g/mol. The molecule has 1 amide bonds. The molecule has 7 nitrogen and oxygen atoms in total. The van der Waals surface area contributed by atoms with Gasteiger partial charge in [0.1, 0.15) is 10.8 Å². The maximum Gasteiger partial charge on any atom is 0.236 e. The molecule has 0 saturated heterocycles. The highest BCUT2D eigenvalue weighted by Crippen LogP contribution is 2.17. The van der Waals surface area contributed by atoms with Crippen LogP contribution in [0.15, 0.2) is 5.16 Å². The van der Waals surface area contributed by atoms with Crippen molar-refractivity contribution in [2.75, 3.05) is 11.1 Å². The summed E-state index contributed by atoms with van der Waals surface area (Å²) in [7, 11) is 1.90. The summed E-state index contributed by atoms with van der Waals surface area (Å²) in [6, 6.07) is 0. The number of aromatic nitrogens is 5. The van der Waals surface area contributed by atoms with Gasteiger partial charge >= 0.3 is 0 Å². The Bertz CT molecular complexity index is 578. The van der Waals surface area contributed by atoms with Gasteiger partial charge in [-0.25, -0.2) is 0 Å². The fraction of sp³-hybridized carbons (Fsp3) is 0.500. The van der Waals surface area contributed by atoms with E-state index >= 15 is 0 Å². The standard InChI is InChI=1S/C10H14N6OS2/c1-4-7-13-15-10(16(7)3)18-5-8(17)11-9-14-12-6(2)19-9/h4-5H2,1-3H3,(H,11,14,17). The number of hydrogen-bond donors (Lipinski definition) is 1. The minimum Gasteiger partial charge on any atom is -0.309 e. The van der Waals surface area contributed by atoms with Crippen LogP contribution < -0.4 is 5.32 Å². The fourth-order valence-corrected chi connectivity index (χ4v) is 2.75. The van der Waals surface area contributed by atoms with E-state index in [2.05, 4.69) is 25.7 Å². The van der Waals surface area contributed by atoms with E-state index in [1.807, 2.05) is 25.5 Å². The summed E-state index contributed by atoms with van der Waals surface area (Å²) >= 11 is 2.70. The predicted molar refractivity (Wildman–Crippen MR) is 74.4 cm³/mol. The first-order valence-electron chi connectivity index (χ1n) is 5.71. The second kappa shape index (κ2) is 6.11. The minimum absolute atomic E-state index is 0.123. The lowest BCUT2D eigenvalue weighted by Gasteiger charge is -2.02. The van der Waals surface area contributed by atoms with Crippen LogP contribution in [0, 0.1) is 6.92 Å². The molecule has 0 aliphatic heterocycles. The second-order valence-corrected chi connectivity index (χ2v) is 5.90. The van der Waals surface area contributed by atoms with E-state index in [0.29, 0.717) is 5.13 Å². The van der Waals surface area contributed by atoms with Crippen LogP contribution in [0.1, 0.15) is 17.8 Å². The number of amides is 1. The van der Waals surface area contributed by atoms with Crippen LogP contribution in [0.4, 0.5) is 5.13 Å². The summed E-state index contributed by atoms with van der Waals surface area (Å²) in [4.78, 5) is 11.7. The van der Waals surface area contributed by atoms with E-state index in [4.69, 9.17) is 0 Å². The molecule has 19 heavy (non-hydrogen) atoms. The number of hydrogen-bond acceptors (Lipinski definition) is 7. The zero-order chi connectivity index (χ0) is 13.8. The lowest BCUT2D eigenvalue weighted by Crippen LogP contribution is -2.14. The molecule has 9 heteroatoms. The number of nitrogens with zero attached hydrogens (tertiary/aromatic N) is 5. The average Bonchev–Trinajstić information content (AvgIpc) is 2.93. The topological polar surface area (TPSA) is 85.6 Å². The van der Waals surface area contributed by atoms with Crippen LogP contribution in [0.2, 0.25) is 0 Å². The first-order valence-corrected chi connectivity index (χ1v) is 7.51. The molecule has 0 radical (unpaired) electrons. The fourth-order valence-electron chi connectivity index (χ4n) is 1.41. The maximum atomic E-state index is 11.7. The molecular formula is C10H14N6OS2. The van der Waals surface area contributed by atoms with E-state index in [9.17, 15) is 4.79 Å². The number of aryl methyl sites for hydroxylation is 2. The van der Waals surface area contributed by atoms with Gasteiger partial charge in [-0.15, -0.1) is 20.4 Å². The molecule has 0 unspecified atom stereocenters. The summed E-state index contributed by atoms with van der Waals surface area (Å²) in [5.74, 6) is 1.05. The molecule has 0 fully saturated rings. The van der Waals surface area contributed by atoms with Gasteiger partial charge in [-0.2, -0.15) is 0 Å². The van der Waals surface area contributed by atoms with Gasteiger partial charge in [-0.3, -0.25) is 10.1 Å². The predicted octanol–water partition coefficient (Wildman–Crippen LogP) is 1.27. The summed E-state index contributed by atoms with van der Waals surface area (Å²) < 4.78 is 1.90. The maximum absolute atomic E-state index is 11.7. The minimum atomic E-state index is -0.123. The molecule has 1 N–H and O–H groups in total. The number of nitrogens with one attached hydrogen (secondary N) is 1. The monoisotopic (exact) mass is 298 g/mol. The third kappa shape index (κ3) is 3.51. The van der Waals surface area contributed by atoms with Gasteiger partial charge in [-0.05, 0) is 6.92 Å². The van der Waals surface area contributed by atoms with Crippen molar-refractivity contribution in [1.29, 1.82) is 0 Å². The molecule has 2 aromatic rings. The number of carbonyl (C=O) groups excluding carboxylic acids is 1. The molecule has 2 aromatic heterocycles. The molecule has 0 atom stereocenters. The molecule has 0 spiro atoms. The summed E-state index contributed by atoms with van der Waals surface area (Å²) in [6.07, 6.45) is 0.820. The van der Waals surface area contributed by atoms with Gasteiger partial charge < -0.3 is 4.57 Å². The Labute approximate surface area is 118 Å². The Kier molecular flexibility index (Phi) is 4.48. The van der Waals surface area contributed by atoms with E-state index in [1.165, 1.54) is 23.1 Å². The SMILES string of the molecule is CCc1nnc(SCC(=O)Nc2nnc(C)s2)n1C. The van der Waals surface area contributed by atoms with Crippen molar-refractivity contribution in [2.45, 2.75) is 25.4 Å². The summed E-state index contributed by atoms with van der Waals surface area (Å²) in [5, 5.41) is 20.5. The average molecular weight is 298 g/mol. The van der Waals surface area contributed by atoms with Gasteiger partial charge in [0.25, 0.3) is 0 Å². The molecule has 0 saturated carbocycles. The highest BCUT2D eigenvalue weighted by Gasteiger charge is 2.11. The number of carbonyl (C=O) groups is 1. The van der Waals surface area contributed by atoms with Crippen LogP contribution in [0.5, 0.6) is 0 Å². The lowest BCUT2D eigenvalue weighted by molar-refractivity contribution is -0.113. The van der Waals surface area contributed by atoms with Crippen LogP contribution in [0.3, 0.4) is 0 Å². The van der Waals surface area contributed by atoms with Crippen LogP contribution in [0.25, 0.3) is 0 Å². The molecule has 0 bridgehead atoms. The number of rotatable bonds is 5. The van der Waals surface area contributed by atoms with Crippen molar-refractivity contribution in [1.82, 2.24) is 25.0 Å². The normalized spacial score (nSPS) is 10.7. The number of anilines is 1. The van der Waals surface area contributed by atoms with Crippen LogP contribution in [-0.2, 0) is 18.3 Å². The lowest BCUT2D eigenvalue weighted by atomic mass is 10.5. The molecule has 0 aliphatic carbocycles. The molecule has 102 valence electrons. The largest absolute Gasteiger partial charge is 0.309 e. The van der Waals surface area contributed by atoms with Gasteiger partial charge in [0.05, 0.1) is 5.75 Å². The highest BCUT2D eigenvalue weighted by molar-refractivity contribution is 7.99. The third-order valence-corrected chi connectivity index (χ3v) is 4.12. The van der Waals surface area contributed by atoms with Crippen molar-refractivity contribution >= 4 is 34.1 Å². The van der Waals surface area contributed by atoms with Crippen molar-refractivity contribution < 1.29 is 4.79 Å². The first-order chi connectivity index (χ1) is 9.10. The van der Waals surface area contributed by atoms with Crippen LogP contribution in [-0.4, -0.2) is 36.6 Å². The van der Waals surface area contributed by atoms with Crippen LogP contribution >= 0.6 is 23.1 Å². The van der Waals surface area contributed by atoms with Gasteiger partial charge in [-0.1, -0.05) is 30.0 Å². The zero-order valence-electron chi connectivity index (χ0n) is 10.9. The molecule has 2 rings (SSSR count). The Morgan fingerprint density at radius 2 is 2.16 bits per heavy atom. The van der Waals surface area contributed by atoms with E-state index < -0.39 is 0 Å². The summed E-state index contributed by atoms with van der Waals surface area (Å²) in [5.41, 5.74) is 0. The van der Waals surface area contributed by atoms with Crippen molar-refractivity contribution in [3.63, 3.8) is 0 Å². The molecule has 2 heterocycles.